The number of nitrogens with zero attached hydrogens (tertiary/aromatic N) is 2. The summed E-state index contributed by atoms with van der Waals surface area (Å²) in [5.74, 6) is 2.11. The minimum absolute atomic E-state index is 0.363. The van der Waals surface area contributed by atoms with Gasteiger partial charge in [0, 0.05) is 12.1 Å². The first kappa shape index (κ1) is 14.2. The number of methoxy groups -OCH3 is 2. The second-order valence-corrected chi connectivity index (χ2v) is 4.91. The van der Waals surface area contributed by atoms with Crippen LogP contribution in [0, 0.1) is 0 Å². The van der Waals surface area contributed by atoms with E-state index in [1.165, 1.54) is 0 Å². The molecule has 108 valence electrons. The van der Waals surface area contributed by atoms with Gasteiger partial charge in [0.2, 0.25) is 0 Å². The van der Waals surface area contributed by atoms with Crippen LogP contribution in [-0.4, -0.2) is 38.2 Å². The lowest BCUT2D eigenvalue weighted by Gasteiger charge is -2.36. The highest BCUT2D eigenvalue weighted by Crippen LogP contribution is 2.39. The van der Waals surface area contributed by atoms with Crippen LogP contribution >= 0.6 is 0 Å². The van der Waals surface area contributed by atoms with E-state index in [2.05, 4.69) is 18.5 Å². The number of rotatable bonds is 5. The number of benzene rings is 1. The van der Waals surface area contributed by atoms with Gasteiger partial charge in [-0.3, -0.25) is 4.99 Å². The van der Waals surface area contributed by atoms with Gasteiger partial charge in [0.05, 0.1) is 26.3 Å². The lowest BCUT2D eigenvalue weighted by molar-refractivity contribution is 0.235. The van der Waals surface area contributed by atoms with Gasteiger partial charge in [0.25, 0.3) is 0 Å². The lowest BCUT2D eigenvalue weighted by Crippen LogP contribution is -2.47. The van der Waals surface area contributed by atoms with Crippen molar-refractivity contribution in [1.29, 1.82) is 0 Å². The number of hydrogen-bond donors (Lipinski definition) is 1. The average molecular weight is 275 g/mol. The highest BCUT2D eigenvalue weighted by atomic mass is 16.5. The molecule has 5 nitrogen and oxygen atoms in total. The van der Waals surface area contributed by atoms with E-state index in [4.69, 9.17) is 15.2 Å². The summed E-state index contributed by atoms with van der Waals surface area (Å²) in [4.78, 5) is 6.40. The standard InChI is InChI=1S/C15H21N3O2/c1-5-8-18-14(16)17-10-15(18,2)12-9-11(19-3)6-7-13(12)20-4/h5-7,9H,1,8,10H2,2-4H3,(H2,16,17). The van der Waals surface area contributed by atoms with E-state index in [-0.39, 0.29) is 5.54 Å². The van der Waals surface area contributed by atoms with Crippen LogP contribution in [0.25, 0.3) is 0 Å². The summed E-state index contributed by atoms with van der Waals surface area (Å²) in [5, 5.41) is 0. The molecule has 20 heavy (non-hydrogen) atoms. The van der Waals surface area contributed by atoms with Gasteiger partial charge in [0.15, 0.2) is 5.96 Å². The molecule has 1 atom stereocenters. The average Bonchev–Trinajstić information content (AvgIpc) is 2.76. The fourth-order valence-corrected chi connectivity index (χ4v) is 2.55. The Balaban J connectivity index is 2.50. The number of aliphatic imine (C=N–C) groups is 1. The Labute approximate surface area is 119 Å². The van der Waals surface area contributed by atoms with Crippen LogP contribution in [0.4, 0.5) is 0 Å². The van der Waals surface area contributed by atoms with Gasteiger partial charge in [-0.25, -0.2) is 0 Å². The molecule has 0 aromatic heterocycles. The molecule has 0 saturated carbocycles. The van der Waals surface area contributed by atoms with E-state index in [0.29, 0.717) is 19.0 Å². The predicted octanol–water partition coefficient (Wildman–Crippen LogP) is 1.74. The van der Waals surface area contributed by atoms with Gasteiger partial charge in [-0.15, -0.1) is 6.58 Å². The Bertz CT molecular complexity index is 542. The van der Waals surface area contributed by atoms with E-state index < -0.39 is 0 Å². The third-order valence-corrected chi connectivity index (χ3v) is 3.72. The number of nitrogens with two attached hydrogens (primary N) is 1. The van der Waals surface area contributed by atoms with Crippen LogP contribution in [0.2, 0.25) is 0 Å². The molecule has 2 N–H and O–H groups in total. The van der Waals surface area contributed by atoms with Crippen LogP contribution in [0.3, 0.4) is 0 Å². The zero-order valence-corrected chi connectivity index (χ0v) is 12.2. The largest absolute Gasteiger partial charge is 0.497 e. The quantitative estimate of drug-likeness (QED) is 0.831. The van der Waals surface area contributed by atoms with Crippen molar-refractivity contribution in [3.63, 3.8) is 0 Å². The maximum Gasteiger partial charge on any atom is 0.192 e. The first-order chi connectivity index (χ1) is 9.56. The van der Waals surface area contributed by atoms with Crippen molar-refractivity contribution in [3.05, 3.63) is 36.4 Å². The highest BCUT2D eigenvalue weighted by Gasteiger charge is 2.41. The van der Waals surface area contributed by atoms with Crippen molar-refractivity contribution in [3.8, 4) is 11.5 Å². The Hall–Kier alpha value is -2.17. The van der Waals surface area contributed by atoms with Crippen molar-refractivity contribution in [1.82, 2.24) is 4.90 Å². The maximum atomic E-state index is 6.00. The summed E-state index contributed by atoms with van der Waals surface area (Å²) < 4.78 is 10.8. The first-order valence-electron chi connectivity index (χ1n) is 6.47. The Kier molecular flexibility index (Phi) is 3.88. The fraction of sp³-hybridized carbons (Fsp3) is 0.400. The van der Waals surface area contributed by atoms with Crippen LogP contribution in [-0.2, 0) is 5.54 Å². The molecular formula is C15H21N3O2. The van der Waals surface area contributed by atoms with E-state index in [0.717, 1.165) is 17.1 Å². The minimum Gasteiger partial charge on any atom is -0.497 e. The smallest absolute Gasteiger partial charge is 0.192 e. The van der Waals surface area contributed by atoms with Gasteiger partial charge < -0.3 is 20.1 Å². The molecule has 0 amide bonds. The predicted molar refractivity (Wildman–Crippen MR) is 80.3 cm³/mol. The van der Waals surface area contributed by atoms with Gasteiger partial charge in [-0.1, -0.05) is 6.08 Å². The molecule has 5 heteroatoms. The number of guanidine groups is 1. The summed E-state index contributed by atoms with van der Waals surface area (Å²) in [6, 6.07) is 5.76. The van der Waals surface area contributed by atoms with E-state index >= 15 is 0 Å². The van der Waals surface area contributed by atoms with E-state index in [1.807, 2.05) is 29.2 Å². The Morgan fingerprint density at radius 3 is 2.80 bits per heavy atom. The summed E-state index contributed by atoms with van der Waals surface area (Å²) in [6.07, 6.45) is 1.82. The molecule has 0 spiro atoms. The second kappa shape index (κ2) is 5.45. The van der Waals surface area contributed by atoms with Crippen LogP contribution < -0.4 is 15.2 Å². The molecule has 0 aliphatic carbocycles. The number of hydrogen-bond acceptors (Lipinski definition) is 5. The first-order valence-corrected chi connectivity index (χ1v) is 6.47. The molecule has 0 saturated heterocycles. The topological polar surface area (TPSA) is 60.1 Å². The zero-order chi connectivity index (χ0) is 14.8. The SMILES string of the molecule is C=CCN1C(N)=NCC1(C)c1cc(OC)ccc1OC. The highest BCUT2D eigenvalue weighted by molar-refractivity contribution is 5.81. The Morgan fingerprint density at radius 1 is 1.45 bits per heavy atom. The summed E-state index contributed by atoms with van der Waals surface area (Å²) in [6.45, 7) is 7.09. The molecule has 1 aliphatic heterocycles. The number of ether oxygens (including phenoxy) is 2. The van der Waals surface area contributed by atoms with Crippen molar-refractivity contribution < 1.29 is 9.47 Å². The van der Waals surface area contributed by atoms with Crippen molar-refractivity contribution >= 4 is 5.96 Å². The summed E-state index contributed by atoms with van der Waals surface area (Å²) >= 11 is 0. The molecular weight excluding hydrogens is 254 g/mol. The minimum atomic E-state index is -0.363. The van der Waals surface area contributed by atoms with Crippen molar-refractivity contribution in [2.45, 2.75) is 12.5 Å². The monoisotopic (exact) mass is 275 g/mol. The Morgan fingerprint density at radius 2 is 2.20 bits per heavy atom. The lowest BCUT2D eigenvalue weighted by atomic mass is 9.90. The van der Waals surface area contributed by atoms with Crippen LogP contribution in [0.15, 0.2) is 35.8 Å². The summed E-state index contributed by atoms with van der Waals surface area (Å²) in [5.41, 5.74) is 6.64. The molecule has 0 bridgehead atoms. The fourth-order valence-electron chi connectivity index (χ4n) is 2.55. The van der Waals surface area contributed by atoms with Gasteiger partial charge in [-0.05, 0) is 25.1 Å². The molecule has 1 aliphatic rings. The van der Waals surface area contributed by atoms with Crippen LogP contribution in [0.5, 0.6) is 11.5 Å². The second-order valence-electron chi connectivity index (χ2n) is 4.91. The van der Waals surface area contributed by atoms with E-state index in [1.54, 1.807) is 14.2 Å². The molecule has 0 radical (unpaired) electrons. The van der Waals surface area contributed by atoms with Crippen LogP contribution in [0.1, 0.15) is 12.5 Å². The van der Waals surface area contributed by atoms with Gasteiger partial charge >= 0.3 is 0 Å². The molecule has 0 fully saturated rings. The third kappa shape index (κ3) is 2.19. The normalized spacial score (nSPS) is 21.6. The molecule has 1 unspecified atom stereocenters. The van der Waals surface area contributed by atoms with Crippen molar-refractivity contribution in [2.24, 2.45) is 10.7 Å². The van der Waals surface area contributed by atoms with E-state index in [9.17, 15) is 0 Å². The van der Waals surface area contributed by atoms with Gasteiger partial charge in [-0.2, -0.15) is 0 Å². The maximum absolute atomic E-state index is 6.00. The molecule has 1 heterocycles. The van der Waals surface area contributed by atoms with Gasteiger partial charge in [0.1, 0.15) is 11.5 Å². The molecule has 1 aromatic rings. The summed E-state index contributed by atoms with van der Waals surface area (Å²) in [7, 11) is 3.31. The molecule has 1 aromatic carbocycles. The zero-order valence-electron chi connectivity index (χ0n) is 12.2. The van der Waals surface area contributed by atoms with Crippen molar-refractivity contribution in [2.75, 3.05) is 27.3 Å². The molecule has 2 rings (SSSR count). The third-order valence-electron chi connectivity index (χ3n) is 3.72.